The van der Waals surface area contributed by atoms with E-state index in [1.807, 2.05) is 10.6 Å². The Morgan fingerprint density at radius 2 is 2.06 bits per heavy atom. The molecular formula is C12H13BrIN3S. The van der Waals surface area contributed by atoms with Gasteiger partial charge in [0.15, 0.2) is 10.6 Å². The van der Waals surface area contributed by atoms with Crippen molar-refractivity contribution in [3.8, 4) is 11.4 Å². The molecule has 0 bridgehead atoms. The van der Waals surface area contributed by atoms with E-state index in [9.17, 15) is 0 Å². The van der Waals surface area contributed by atoms with Crippen LogP contribution in [0.2, 0.25) is 0 Å². The molecule has 18 heavy (non-hydrogen) atoms. The second-order valence-electron chi connectivity index (χ2n) is 4.98. The van der Waals surface area contributed by atoms with Crippen molar-refractivity contribution in [3.05, 3.63) is 31.0 Å². The molecule has 0 aliphatic heterocycles. The number of halogens is 2. The highest BCUT2D eigenvalue weighted by Gasteiger charge is 2.21. The summed E-state index contributed by atoms with van der Waals surface area (Å²) in [5.74, 6) is 0.873. The van der Waals surface area contributed by atoms with Gasteiger partial charge in [-0.05, 0) is 73.8 Å². The van der Waals surface area contributed by atoms with Crippen molar-refractivity contribution in [2.45, 2.75) is 26.3 Å². The Hall–Kier alpha value is -0.210. The summed E-state index contributed by atoms with van der Waals surface area (Å²) in [6, 6.07) is 6.15. The Morgan fingerprint density at radius 1 is 1.39 bits per heavy atom. The molecule has 0 saturated heterocycles. The minimum Gasteiger partial charge on any atom is -0.295 e. The summed E-state index contributed by atoms with van der Waals surface area (Å²) in [5.41, 5.74) is 0.970. The number of rotatable bonds is 1. The SMILES string of the molecule is CC(C)(C)n1c(-c2cc(Br)ccc2I)n[nH]c1=S. The van der Waals surface area contributed by atoms with E-state index in [0.29, 0.717) is 4.77 Å². The second kappa shape index (κ2) is 5.05. The van der Waals surface area contributed by atoms with E-state index in [-0.39, 0.29) is 5.54 Å². The van der Waals surface area contributed by atoms with E-state index < -0.39 is 0 Å². The first kappa shape index (κ1) is 14.2. The molecule has 0 saturated carbocycles. The maximum absolute atomic E-state index is 5.33. The average Bonchev–Trinajstić information content (AvgIpc) is 2.63. The predicted molar refractivity (Wildman–Crippen MR) is 88.3 cm³/mol. The standard InChI is InChI=1S/C12H13BrIN3S/c1-12(2,3)17-10(15-16-11(17)18)8-6-7(13)4-5-9(8)14/h4-6H,1-3H3,(H,16,18). The zero-order valence-corrected chi connectivity index (χ0v) is 14.9. The van der Waals surface area contributed by atoms with Gasteiger partial charge in [0.2, 0.25) is 0 Å². The number of nitrogens with one attached hydrogen (secondary N) is 1. The highest BCUT2D eigenvalue weighted by Crippen LogP contribution is 2.30. The van der Waals surface area contributed by atoms with Crippen LogP contribution in [0.3, 0.4) is 0 Å². The molecule has 2 aromatic rings. The van der Waals surface area contributed by atoms with E-state index in [1.165, 1.54) is 0 Å². The minimum absolute atomic E-state index is 0.106. The second-order valence-corrected chi connectivity index (χ2v) is 7.45. The molecule has 3 nitrogen and oxygen atoms in total. The Labute approximate surface area is 133 Å². The number of aromatic amines is 1. The summed E-state index contributed by atoms with van der Waals surface area (Å²) in [7, 11) is 0. The fraction of sp³-hybridized carbons (Fsp3) is 0.333. The van der Waals surface area contributed by atoms with Gasteiger partial charge in [-0.25, -0.2) is 0 Å². The van der Waals surface area contributed by atoms with Crippen LogP contribution in [0.15, 0.2) is 22.7 Å². The number of nitrogens with zero attached hydrogens (tertiary/aromatic N) is 2. The summed E-state index contributed by atoms with van der Waals surface area (Å²) in [6.07, 6.45) is 0. The summed E-state index contributed by atoms with van der Waals surface area (Å²) in [6.45, 7) is 6.35. The number of H-pyrrole nitrogens is 1. The van der Waals surface area contributed by atoms with Crippen LogP contribution in [-0.2, 0) is 5.54 Å². The van der Waals surface area contributed by atoms with Crippen molar-refractivity contribution >= 4 is 50.7 Å². The van der Waals surface area contributed by atoms with E-state index in [2.05, 4.69) is 81.6 Å². The predicted octanol–water partition coefficient (Wildman–Crippen LogP) is 4.73. The lowest BCUT2D eigenvalue weighted by Crippen LogP contribution is -2.23. The fourth-order valence-electron chi connectivity index (χ4n) is 1.77. The van der Waals surface area contributed by atoms with Crippen molar-refractivity contribution in [1.29, 1.82) is 0 Å². The van der Waals surface area contributed by atoms with E-state index in [0.717, 1.165) is 19.4 Å². The zero-order chi connectivity index (χ0) is 13.5. The van der Waals surface area contributed by atoms with Crippen LogP contribution in [0.5, 0.6) is 0 Å². The molecule has 0 fully saturated rings. The van der Waals surface area contributed by atoms with Crippen molar-refractivity contribution in [1.82, 2.24) is 14.8 Å². The molecule has 1 aromatic carbocycles. The van der Waals surface area contributed by atoms with Crippen molar-refractivity contribution in [3.63, 3.8) is 0 Å². The van der Waals surface area contributed by atoms with Gasteiger partial charge < -0.3 is 0 Å². The first-order valence-electron chi connectivity index (χ1n) is 5.44. The smallest absolute Gasteiger partial charge is 0.195 e. The van der Waals surface area contributed by atoms with Gasteiger partial charge in [0.1, 0.15) is 0 Å². The molecule has 0 amide bonds. The van der Waals surface area contributed by atoms with E-state index in [4.69, 9.17) is 12.2 Å². The minimum atomic E-state index is -0.106. The summed E-state index contributed by atoms with van der Waals surface area (Å²) >= 11 is 11.1. The fourth-order valence-corrected chi connectivity index (χ4v) is 3.11. The van der Waals surface area contributed by atoms with Crippen LogP contribution >= 0.6 is 50.7 Å². The maximum Gasteiger partial charge on any atom is 0.195 e. The zero-order valence-electron chi connectivity index (χ0n) is 10.3. The molecular weight excluding hydrogens is 425 g/mol. The molecule has 0 spiro atoms. The number of aromatic nitrogens is 3. The number of hydrogen-bond donors (Lipinski definition) is 1. The van der Waals surface area contributed by atoms with Crippen molar-refractivity contribution in [2.24, 2.45) is 0 Å². The lowest BCUT2D eigenvalue weighted by Gasteiger charge is -2.22. The normalized spacial score (nSPS) is 11.8. The summed E-state index contributed by atoms with van der Waals surface area (Å²) < 4.78 is 4.88. The molecule has 1 aromatic heterocycles. The molecule has 0 unspecified atom stereocenters. The van der Waals surface area contributed by atoms with Gasteiger partial charge in [0.05, 0.1) is 0 Å². The third kappa shape index (κ3) is 2.70. The molecule has 1 N–H and O–H groups in total. The summed E-state index contributed by atoms with van der Waals surface area (Å²) in [4.78, 5) is 0. The number of benzene rings is 1. The van der Waals surface area contributed by atoms with Gasteiger partial charge in [-0.3, -0.25) is 9.67 Å². The van der Waals surface area contributed by atoms with Crippen LogP contribution in [-0.4, -0.2) is 14.8 Å². The molecule has 6 heteroatoms. The summed E-state index contributed by atoms with van der Waals surface area (Å²) in [5, 5.41) is 7.26. The third-order valence-electron chi connectivity index (χ3n) is 2.51. The highest BCUT2D eigenvalue weighted by atomic mass is 127. The Balaban J connectivity index is 2.73. The number of hydrogen-bond acceptors (Lipinski definition) is 2. The first-order valence-corrected chi connectivity index (χ1v) is 7.72. The van der Waals surface area contributed by atoms with Gasteiger partial charge in [0.25, 0.3) is 0 Å². The Kier molecular flexibility index (Phi) is 3.99. The van der Waals surface area contributed by atoms with Crippen molar-refractivity contribution < 1.29 is 0 Å². The van der Waals surface area contributed by atoms with Crippen LogP contribution in [0.25, 0.3) is 11.4 Å². The van der Waals surface area contributed by atoms with Gasteiger partial charge in [0, 0.05) is 19.1 Å². The van der Waals surface area contributed by atoms with E-state index >= 15 is 0 Å². The topological polar surface area (TPSA) is 33.6 Å². The van der Waals surface area contributed by atoms with Gasteiger partial charge in [-0.1, -0.05) is 15.9 Å². The Morgan fingerprint density at radius 3 is 2.67 bits per heavy atom. The molecule has 0 aliphatic rings. The average molecular weight is 438 g/mol. The molecule has 0 aliphatic carbocycles. The van der Waals surface area contributed by atoms with Crippen molar-refractivity contribution in [2.75, 3.05) is 0 Å². The third-order valence-corrected chi connectivity index (χ3v) is 4.22. The van der Waals surface area contributed by atoms with Gasteiger partial charge >= 0.3 is 0 Å². The lowest BCUT2D eigenvalue weighted by molar-refractivity contribution is 0.395. The lowest BCUT2D eigenvalue weighted by atomic mass is 10.1. The van der Waals surface area contributed by atoms with Gasteiger partial charge in [-0.2, -0.15) is 5.10 Å². The molecule has 0 atom stereocenters. The monoisotopic (exact) mass is 437 g/mol. The van der Waals surface area contributed by atoms with Crippen LogP contribution in [0.4, 0.5) is 0 Å². The van der Waals surface area contributed by atoms with Gasteiger partial charge in [-0.15, -0.1) is 0 Å². The maximum atomic E-state index is 5.33. The van der Waals surface area contributed by atoms with E-state index in [1.54, 1.807) is 0 Å². The van der Waals surface area contributed by atoms with Crippen LogP contribution in [0, 0.1) is 8.34 Å². The molecule has 0 radical (unpaired) electrons. The Bertz CT molecular complexity index is 640. The first-order chi connectivity index (χ1) is 8.30. The molecule has 96 valence electrons. The quantitative estimate of drug-likeness (QED) is 0.516. The van der Waals surface area contributed by atoms with Crippen LogP contribution in [0.1, 0.15) is 20.8 Å². The molecule has 2 rings (SSSR count). The highest BCUT2D eigenvalue weighted by molar-refractivity contribution is 14.1. The van der Waals surface area contributed by atoms with Crippen LogP contribution < -0.4 is 0 Å². The molecule has 1 heterocycles. The largest absolute Gasteiger partial charge is 0.295 e.